The van der Waals surface area contributed by atoms with Crippen LogP contribution in [0.2, 0.25) is 5.02 Å². The molecule has 1 unspecified atom stereocenters. The Balaban J connectivity index is 1.42. The van der Waals surface area contributed by atoms with Crippen molar-refractivity contribution < 1.29 is 0 Å². The molecule has 3 heteroatoms. The summed E-state index contributed by atoms with van der Waals surface area (Å²) in [5, 5.41) is 5.71. The molecule has 2 nitrogen and oxygen atoms in total. The molecular weight excluding hydrogens is 376 g/mol. The monoisotopic (exact) mass is 402 g/mol. The molecular formula is C26H27ClN2. The van der Waals surface area contributed by atoms with Gasteiger partial charge in [0.15, 0.2) is 0 Å². The number of para-hydroxylation sites is 1. The topological polar surface area (TPSA) is 24.9 Å². The van der Waals surface area contributed by atoms with Gasteiger partial charge in [0, 0.05) is 5.39 Å². The summed E-state index contributed by atoms with van der Waals surface area (Å²) in [6.45, 7) is 0. The fourth-order valence-corrected chi connectivity index (χ4v) is 7.33. The summed E-state index contributed by atoms with van der Waals surface area (Å²) in [4.78, 5) is 4.92. The molecule has 29 heavy (non-hydrogen) atoms. The largest absolute Gasteiger partial charge is 0.363 e. The second-order valence-corrected chi connectivity index (χ2v) is 10.2. The maximum atomic E-state index is 6.45. The molecule has 3 aromatic rings. The quantitative estimate of drug-likeness (QED) is 0.496. The standard InChI is InChI=1S/C26H27ClN2/c27-22-8-4-7-20-9-10-23(28-24(20)22)29-25(21-5-2-1-3-6-21)26-14-17-11-18(15-26)13-19(12-17)16-26/h1-10,17-19,25H,11-16H2,(H,28,29). The van der Waals surface area contributed by atoms with E-state index in [0.717, 1.165) is 39.5 Å². The number of pyridine rings is 1. The Morgan fingerprint density at radius 3 is 2.21 bits per heavy atom. The minimum atomic E-state index is 0.310. The van der Waals surface area contributed by atoms with Crippen LogP contribution in [0.4, 0.5) is 5.82 Å². The Hall–Kier alpha value is -2.06. The first-order valence-electron chi connectivity index (χ1n) is 11.1. The first-order valence-corrected chi connectivity index (χ1v) is 11.4. The Morgan fingerprint density at radius 1 is 0.828 bits per heavy atom. The second kappa shape index (κ2) is 6.74. The fraction of sp³-hybridized carbons (Fsp3) is 0.423. The number of halogens is 1. The maximum Gasteiger partial charge on any atom is 0.127 e. The van der Waals surface area contributed by atoms with Crippen molar-refractivity contribution in [2.24, 2.45) is 23.2 Å². The van der Waals surface area contributed by atoms with Gasteiger partial charge in [-0.15, -0.1) is 0 Å². The zero-order valence-corrected chi connectivity index (χ0v) is 17.4. The molecule has 4 aliphatic carbocycles. The van der Waals surface area contributed by atoms with Gasteiger partial charge < -0.3 is 5.32 Å². The van der Waals surface area contributed by atoms with Crippen LogP contribution in [-0.4, -0.2) is 4.98 Å². The van der Waals surface area contributed by atoms with Crippen LogP contribution in [0.1, 0.15) is 50.1 Å². The van der Waals surface area contributed by atoms with Gasteiger partial charge in [-0.3, -0.25) is 0 Å². The molecule has 0 saturated heterocycles. The summed E-state index contributed by atoms with van der Waals surface area (Å²) in [5.41, 5.74) is 2.64. The van der Waals surface area contributed by atoms with E-state index in [9.17, 15) is 0 Å². The number of aromatic nitrogens is 1. The van der Waals surface area contributed by atoms with Gasteiger partial charge in [-0.2, -0.15) is 0 Å². The number of nitrogens with zero attached hydrogens (tertiary/aromatic N) is 1. The fourth-order valence-electron chi connectivity index (χ4n) is 7.11. The van der Waals surface area contributed by atoms with Crippen molar-refractivity contribution in [3.63, 3.8) is 0 Å². The summed E-state index contributed by atoms with van der Waals surface area (Å²) < 4.78 is 0. The van der Waals surface area contributed by atoms with Crippen LogP contribution < -0.4 is 5.32 Å². The molecule has 2 aromatic carbocycles. The molecule has 0 radical (unpaired) electrons. The van der Waals surface area contributed by atoms with Crippen LogP contribution in [0.5, 0.6) is 0 Å². The summed E-state index contributed by atoms with van der Waals surface area (Å²) in [6.07, 6.45) is 8.47. The molecule has 0 amide bonds. The first-order chi connectivity index (χ1) is 14.2. The van der Waals surface area contributed by atoms with E-state index in [2.05, 4.69) is 53.8 Å². The van der Waals surface area contributed by atoms with Crippen molar-refractivity contribution in [2.75, 3.05) is 5.32 Å². The molecule has 4 saturated carbocycles. The van der Waals surface area contributed by atoms with E-state index in [0.29, 0.717) is 11.5 Å². The lowest BCUT2D eigenvalue weighted by Crippen LogP contribution is -2.50. The Kier molecular flexibility index (Phi) is 4.13. The van der Waals surface area contributed by atoms with Crippen molar-refractivity contribution in [2.45, 2.75) is 44.6 Å². The average Bonchev–Trinajstić information content (AvgIpc) is 2.72. The lowest BCUT2D eigenvalue weighted by atomic mass is 9.47. The van der Waals surface area contributed by atoms with Crippen molar-refractivity contribution in [1.29, 1.82) is 0 Å². The highest BCUT2D eigenvalue weighted by Gasteiger charge is 2.54. The number of fused-ring (bicyclic) bond motifs is 1. The zero-order valence-electron chi connectivity index (χ0n) is 16.7. The predicted octanol–water partition coefficient (Wildman–Crippen LogP) is 7.26. The lowest BCUT2D eigenvalue weighted by Gasteiger charge is -2.59. The van der Waals surface area contributed by atoms with Crippen LogP contribution in [0.15, 0.2) is 60.7 Å². The van der Waals surface area contributed by atoms with Crippen molar-refractivity contribution in [1.82, 2.24) is 4.98 Å². The Bertz CT molecular complexity index is 1010. The van der Waals surface area contributed by atoms with Gasteiger partial charge in [-0.05, 0) is 85.5 Å². The SMILES string of the molecule is Clc1cccc2ccc(NC(c3ccccc3)C34CC5CC(CC(C5)C3)C4)nc12. The first kappa shape index (κ1) is 17.8. The summed E-state index contributed by atoms with van der Waals surface area (Å²) in [6, 6.07) is 21.6. The van der Waals surface area contributed by atoms with Crippen LogP contribution in [-0.2, 0) is 0 Å². The molecule has 4 aliphatic rings. The zero-order chi connectivity index (χ0) is 19.4. The summed E-state index contributed by atoms with van der Waals surface area (Å²) in [7, 11) is 0. The van der Waals surface area contributed by atoms with Gasteiger partial charge in [0.1, 0.15) is 5.82 Å². The van der Waals surface area contributed by atoms with Crippen LogP contribution in [0.3, 0.4) is 0 Å². The minimum absolute atomic E-state index is 0.310. The smallest absolute Gasteiger partial charge is 0.127 e. The van der Waals surface area contributed by atoms with Gasteiger partial charge in [0.25, 0.3) is 0 Å². The number of benzene rings is 2. The third-order valence-electron chi connectivity index (χ3n) is 7.79. The molecule has 1 aromatic heterocycles. The van der Waals surface area contributed by atoms with Crippen molar-refractivity contribution >= 4 is 28.3 Å². The number of anilines is 1. The highest BCUT2D eigenvalue weighted by molar-refractivity contribution is 6.35. The highest BCUT2D eigenvalue weighted by Crippen LogP contribution is 2.64. The summed E-state index contributed by atoms with van der Waals surface area (Å²) >= 11 is 6.45. The molecule has 0 spiro atoms. The minimum Gasteiger partial charge on any atom is -0.363 e. The van der Waals surface area contributed by atoms with E-state index in [1.54, 1.807) is 0 Å². The molecule has 1 N–H and O–H groups in total. The molecule has 4 fully saturated rings. The van der Waals surface area contributed by atoms with Gasteiger partial charge in [-0.1, -0.05) is 54.1 Å². The van der Waals surface area contributed by atoms with E-state index in [1.165, 1.54) is 44.1 Å². The normalized spacial score (nSPS) is 31.1. The number of hydrogen-bond acceptors (Lipinski definition) is 2. The maximum absolute atomic E-state index is 6.45. The van der Waals surface area contributed by atoms with E-state index in [1.807, 2.05) is 12.1 Å². The Labute approximate surface area is 177 Å². The Morgan fingerprint density at radius 2 is 1.52 bits per heavy atom. The number of nitrogens with one attached hydrogen (secondary N) is 1. The third kappa shape index (κ3) is 3.04. The highest BCUT2D eigenvalue weighted by atomic mass is 35.5. The number of rotatable bonds is 4. The molecule has 7 rings (SSSR count). The molecule has 148 valence electrons. The lowest BCUT2D eigenvalue weighted by molar-refractivity contribution is -0.0640. The summed E-state index contributed by atoms with van der Waals surface area (Å²) in [5.74, 6) is 3.71. The van der Waals surface area contributed by atoms with Crippen molar-refractivity contribution in [3.8, 4) is 0 Å². The van der Waals surface area contributed by atoms with E-state index in [4.69, 9.17) is 16.6 Å². The van der Waals surface area contributed by atoms with Crippen LogP contribution >= 0.6 is 11.6 Å². The number of hydrogen-bond donors (Lipinski definition) is 1. The van der Waals surface area contributed by atoms with Crippen molar-refractivity contribution in [3.05, 3.63) is 71.2 Å². The second-order valence-electron chi connectivity index (χ2n) is 9.78. The average molecular weight is 403 g/mol. The van der Waals surface area contributed by atoms with Gasteiger partial charge >= 0.3 is 0 Å². The molecule has 4 bridgehead atoms. The van der Waals surface area contributed by atoms with E-state index in [-0.39, 0.29) is 0 Å². The van der Waals surface area contributed by atoms with Crippen LogP contribution in [0.25, 0.3) is 10.9 Å². The van der Waals surface area contributed by atoms with Crippen LogP contribution in [0, 0.1) is 23.2 Å². The molecule has 1 heterocycles. The van der Waals surface area contributed by atoms with Gasteiger partial charge in [0.2, 0.25) is 0 Å². The predicted molar refractivity (Wildman–Crippen MR) is 120 cm³/mol. The van der Waals surface area contributed by atoms with E-state index < -0.39 is 0 Å². The third-order valence-corrected chi connectivity index (χ3v) is 8.10. The molecule has 1 atom stereocenters. The molecule has 0 aliphatic heterocycles. The van der Waals surface area contributed by atoms with Gasteiger partial charge in [-0.25, -0.2) is 4.98 Å². The van der Waals surface area contributed by atoms with E-state index >= 15 is 0 Å². The van der Waals surface area contributed by atoms with Gasteiger partial charge in [0.05, 0.1) is 16.6 Å².